The Morgan fingerprint density at radius 1 is 1.38 bits per heavy atom. The molecule has 0 saturated carbocycles. The topological polar surface area (TPSA) is 75.5 Å². The minimum atomic E-state index is -0.486. The Morgan fingerprint density at radius 3 is 2.76 bits per heavy atom. The van der Waals surface area contributed by atoms with Crippen molar-refractivity contribution < 1.29 is 14.5 Å². The fraction of sp³-hybridized carbons (Fsp3) is 0.357. The first-order chi connectivity index (χ1) is 10.0. The van der Waals surface area contributed by atoms with Gasteiger partial charge in [0.2, 0.25) is 0 Å². The summed E-state index contributed by atoms with van der Waals surface area (Å²) in [6, 6.07) is 7.57. The zero-order valence-electron chi connectivity index (χ0n) is 12.3. The summed E-state index contributed by atoms with van der Waals surface area (Å²) < 4.78 is 1.14. The number of fused-ring (bicyclic) bond motifs is 1. The molecule has 0 fully saturated rings. The molecule has 0 aliphatic carbocycles. The fourth-order valence-corrected chi connectivity index (χ4v) is 3.04. The van der Waals surface area contributed by atoms with E-state index in [1.165, 1.54) is 7.05 Å². The maximum atomic E-state index is 11.7. The lowest BCUT2D eigenvalue weighted by Crippen LogP contribution is -3.10. The van der Waals surface area contributed by atoms with Crippen molar-refractivity contribution >= 4 is 33.5 Å². The van der Waals surface area contributed by atoms with Gasteiger partial charge < -0.3 is 10.2 Å². The van der Waals surface area contributed by atoms with Crippen LogP contribution in [0.1, 0.15) is 18.0 Å². The van der Waals surface area contributed by atoms with Gasteiger partial charge in [-0.3, -0.25) is 10.1 Å². The normalized spacial score (nSPS) is 13.7. The first-order valence-corrected chi connectivity index (χ1v) is 7.52. The molecule has 1 aromatic carbocycles. The van der Waals surface area contributed by atoms with Gasteiger partial charge in [0.15, 0.2) is 11.6 Å². The van der Waals surface area contributed by atoms with Crippen LogP contribution >= 0.6 is 11.3 Å². The Hall–Kier alpha value is -1.99. The van der Waals surface area contributed by atoms with E-state index in [4.69, 9.17) is 0 Å². The fourth-order valence-electron chi connectivity index (χ4n) is 1.93. The molecule has 1 unspecified atom stereocenters. The summed E-state index contributed by atoms with van der Waals surface area (Å²) >= 11 is 1.64. The molecule has 0 aliphatic rings. The van der Waals surface area contributed by atoms with E-state index in [9.17, 15) is 9.59 Å². The summed E-state index contributed by atoms with van der Waals surface area (Å²) in [7, 11) is 3.39. The van der Waals surface area contributed by atoms with Crippen molar-refractivity contribution in [1.82, 2.24) is 15.6 Å². The average Bonchev–Trinajstić information content (AvgIpc) is 2.89. The van der Waals surface area contributed by atoms with Crippen LogP contribution in [0.4, 0.5) is 4.79 Å². The number of aromatic nitrogens is 1. The highest BCUT2D eigenvalue weighted by Gasteiger charge is 2.22. The summed E-state index contributed by atoms with van der Waals surface area (Å²) in [5, 5.41) is 5.61. The van der Waals surface area contributed by atoms with Crippen molar-refractivity contribution in [2.24, 2.45) is 0 Å². The molecule has 7 heteroatoms. The average molecular weight is 307 g/mol. The van der Waals surface area contributed by atoms with Crippen molar-refractivity contribution in [2.75, 3.05) is 20.6 Å². The van der Waals surface area contributed by atoms with Gasteiger partial charge >= 0.3 is 6.03 Å². The van der Waals surface area contributed by atoms with Gasteiger partial charge in [-0.15, -0.1) is 11.3 Å². The smallest absolute Gasteiger partial charge is 0.321 e. The number of para-hydroxylation sites is 1. The van der Waals surface area contributed by atoms with E-state index in [-0.39, 0.29) is 18.5 Å². The van der Waals surface area contributed by atoms with E-state index in [0.29, 0.717) is 0 Å². The third kappa shape index (κ3) is 3.77. The number of imide groups is 1. The lowest BCUT2D eigenvalue weighted by Gasteiger charge is -2.19. The van der Waals surface area contributed by atoms with Crippen LogP contribution in [0.3, 0.4) is 0 Å². The van der Waals surface area contributed by atoms with E-state index in [2.05, 4.69) is 15.6 Å². The highest BCUT2D eigenvalue weighted by atomic mass is 32.1. The molecule has 2 rings (SSSR count). The molecule has 2 atom stereocenters. The molecule has 1 heterocycles. The summed E-state index contributed by atoms with van der Waals surface area (Å²) in [5.41, 5.74) is 0.979. The van der Waals surface area contributed by atoms with E-state index >= 15 is 0 Å². The third-order valence-electron chi connectivity index (χ3n) is 3.34. The van der Waals surface area contributed by atoms with Crippen molar-refractivity contribution in [3.63, 3.8) is 0 Å². The number of amides is 3. The van der Waals surface area contributed by atoms with E-state index in [1.807, 2.05) is 38.2 Å². The molecule has 0 spiro atoms. The van der Waals surface area contributed by atoms with Gasteiger partial charge in [0.05, 0.1) is 17.3 Å². The van der Waals surface area contributed by atoms with Gasteiger partial charge in [-0.05, 0) is 19.1 Å². The van der Waals surface area contributed by atoms with E-state index < -0.39 is 6.03 Å². The molecular formula is C14H19N4O2S+. The Labute approximate surface area is 127 Å². The molecule has 21 heavy (non-hydrogen) atoms. The lowest BCUT2D eigenvalue weighted by atomic mass is 10.3. The van der Waals surface area contributed by atoms with Gasteiger partial charge in [-0.1, -0.05) is 12.1 Å². The Morgan fingerprint density at radius 2 is 2.10 bits per heavy atom. The van der Waals surface area contributed by atoms with Crippen LogP contribution < -0.4 is 15.5 Å². The van der Waals surface area contributed by atoms with Crippen molar-refractivity contribution in [1.29, 1.82) is 0 Å². The Bertz CT molecular complexity index is 622. The second-order valence-electron chi connectivity index (χ2n) is 4.89. The molecule has 6 nitrogen and oxygen atoms in total. The van der Waals surface area contributed by atoms with Crippen LogP contribution in [0.2, 0.25) is 0 Å². The second-order valence-corrected chi connectivity index (χ2v) is 5.95. The van der Waals surface area contributed by atoms with Crippen LogP contribution in [0.5, 0.6) is 0 Å². The van der Waals surface area contributed by atoms with Crippen LogP contribution in [0.25, 0.3) is 10.2 Å². The highest BCUT2D eigenvalue weighted by molar-refractivity contribution is 7.18. The summed E-state index contributed by atoms with van der Waals surface area (Å²) in [6.07, 6.45) is 0. The molecule has 0 saturated heterocycles. The number of carbonyl (C=O) groups is 2. The zero-order chi connectivity index (χ0) is 15.4. The predicted molar refractivity (Wildman–Crippen MR) is 82.4 cm³/mol. The summed E-state index contributed by atoms with van der Waals surface area (Å²) in [6.45, 7) is 2.24. The van der Waals surface area contributed by atoms with Crippen LogP contribution in [-0.2, 0) is 4.79 Å². The Balaban J connectivity index is 2.03. The first-order valence-electron chi connectivity index (χ1n) is 6.70. The molecule has 0 aliphatic heterocycles. The number of hydrogen-bond acceptors (Lipinski definition) is 4. The van der Waals surface area contributed by atoms with Gasteiger partial charge in [-0.2, -0.15) is 0 Å². The van der Waals surface area contributed by atoms with Crippen LogP contribution in [-0.4, -0.2) is 37.6 Å². The summed E-state index contributed by atoms with van der Waals surface area (Å²) in [5.74, 6) is -0.306. The molecule has 112 valence electrons. The molecule has 3 amide bonds. The number of urea groups is 1. The largest absolute Gasteiger partial charge is 0.341 e. The second kappa shape index (κ2) is 6.64. The van der Waals surface area contributed by atoms with Crippen molar-refractivity contribution in [2.45, 2.75) is 13.0 Å². The number of nitrogens with zero attached hydrogens (tertiary/aromatic N) is 1. The maximum Gasteiger partial charge on any atom is 0.321 e. The predicted octanol–water partition coefficient (Wildman–Crippen LogP) is 0.328. The number of likely N-dealkylation sites (N-methyl/N-ethyl adjacent to an activating group) is 1. The molecule has 1 aromatic heterocycles. The van der Waals surface area contributed by atoms with E-state index in [0.717, 1.165) is 20.1 Å². The monoisotopic (exact) mass is 307 g/mol. The number of rotatable bonds is 4. The van der Waals surface area contributed by atoms with Gasteiger partial charge in [-0.25, -0.2) is 9.78 Å². The number of carbonyl (C=O) groups excluding carboxylic acids is 2. The van der Waals surface area contributed by atoms with Gasteiger partial charge in [0, 0.05) is 7.05 Å². The van der Waals surface area contributed by atoms with Crippen LogP contribution in [0.15, 0.2) is 24.3 Å². The third-order valence-corrected chi connectivity index (χ3v) is 4.56. The quantitative estimate of drug-likeness (QED) is 0.762. The van der Waals surface area contributed by atoms with Crippen molar-refractivity contribution in [3.8, 4) is 0 Å². The molecule has 0 bridgehead atoms. The Kier molecular flexibility index (Phi) is 4.87. The minimum Gasteiger partial charge on any atom is -0.341 e. The SMILES string of the molecule is CNC(=O)NC(=O)C[NH+](C)[C@H](C)c1nc2ccccc2s1. The standard InChI is InChI=1S/C14H18N4O2S/c1-9(18(3)8-12(19)17-14(20)15-2)13-16-10-6-4-5-7-11(10)21-13/h4-7,9H,8H2,1-3H3,(H2,15,17,19,20)/p+1/t9-/m1/s1. The first kappa shape index (κ1) is 15.4. The number of quaternary nitrogens is 1. The minimum absolute atomic E-state index is 0.0813. The molecule has 0 radical (unpaired) electrons. The maximum absolute atomic E-state index is 11.7. The van der Waals surface area contributed by atoms with Gasteiger partial charge in [0.1, 0.15) is 6.04 Å². The van der Waals surface area contributed by atoms with Crippen LogP contribution in [0, 0.1) is 0 Å². The number of nitrogens with one attached hydrogen (secondary N) is 3. The summed E-state index contributed by atoms with van der Waals surface area (Å²) in [4.78, 5) is 28.4. The lowest BCUT2D eigenvalue weighted by molar-refractivity contribution is -0.902. The molecule has 3 N–H and O–H groups in total. The zero-order valence-corrected chi connectivity index (χ0v) is 13.1. The number of hydrogen-bond donors (Lipinski definition) is 3. The number of benzene rings is 1. The highest BCUT2D eigenvalue weighted by Crippen LogP contribution is 2.24. The molecule has 2 aromatic rings. The molecular weight excluding hydrogens is 288 g/mol. The number of thiazole rings is 1. The van der Waals surface area contributed by atoms with Gasteiger partial charge in [0.25, 0.3) is 5.91 Å². The van der Waals surface area contributed by atoms with E-state index in [1.54, 1.807) is 11.3 Å². The van der Waals surface area contributed by atoms with Crippen molar-refractivity contribution in [3.05, 3.63) is 29.3 Å².